The summed E-state index contributed by atoms with van der Waals surface area (Å²) in [5.41, 5.74) is 5.40. The molecule has 1 fully saturated rings. The van der Waals surface area contributed by atoms with E-state index in [1.165, 1.54) is 28.5 Å². The molecule has 3 nitrogen and oxygen atoms in total. The molecule has 2 heterocycles. The van der Waals surface area contributed by atoms with Gasteiger partial charge in [-0.1, -0.05) is 38.1 Å². The lowest BCUT2D eigenvalue weighted by Crippen LogP contribution is -2.28. The number of anilines is 1. The van der Waals surface area contributed by atoms with E-state index in [4.69, 9.17) is 4.99 Å². The van der Waals surface area contributed by atoms with Crippen molar-refractivity contribution < 1.29 is 4.79 Å². The van der Waals surface area contributed by atoms with Crippen LogP contribution in [-0.4, -0.2) is 11.1 Å². The Bertz CT molecular complexity index is 1110. The maximum absolute atomic E-state index is 13.4. The number of hydrogen-bond acceptors (Lipinski definition) is 4. The first kappa shape index (κ1) is 20.6. The van der Waals surface area contributed by atoms with Crippen molar-refractivity contribution in [3.05, 3.63) is 86.5 Å². The Labute approximate surface area is 186 Å². The smallest absolute Gasteiger partial charge is 0.268 e. The topological polar surface area (TPSA) is 32.7 Å². The number of amides is 1. The van der Waals surface area contributed by atoms with Crippen LogP contribution in [0.3, 0.4) is 0 Å². The molecule has 0 atom stereocenters. The third kappa shape index (κ3) is 4.27. The first-order chi connectivity index (χ1) is 14.6. The number of benzene rings is 2. The molecule has 3 aromatic rings. The van der Waals surface area contributed by atoms with E-state index in [-0.39, 0.29) is 5.91 Å². The van der Waals surface area contributed by atoms with Gasteiger partial charge < -0.3 is 0 Å². The van der Waals surface area contributed by atoms with E-state index in [1.54, 1.807) is 16.2 Å². The average Bonchev–Trinajstić information content (AvgIpc) is 3.31. The number of amidine groups is 1. The van der Waals surface area contributed by atoms with Gasteiger partial charge in [-0.15, -0.1) is 11.3 Å². The predicted molar refractivity (Wildman–Crippen MR) is 131 cm³/mol. The van der Waals surface area contributed by atoms with Crippen molar-refractivity contribution in [2.45, 2.75) is 33.6 Å². The van der Waals surface area contributed by atoms with Crippen LogP contribution >= 0.6 is 23.1 Å². The zero-order valence-electron chi connectivity index (χ0n) is 17.4. The Morgan fingerprint density at radius 1 is 0.933 bits per heavy atom. The minimum Gasteiger partial charge on any atom is -0.268 e. The number of thiophene rings is 1. The summed E-state index contributed by atoms with van der Waals surface area (Å²) in [5.74, 6) is -0.0269. The summed E-state index contributed by atoms with van der Waals surface area (Å²) in [7, 11) is 0. The van der Waals surface area contributed by atoms with Gasteiger partial charge >= 0.3 is 0 Å². The van der Waals surface area contributed by atoms with Crippen molar-refractivity contribution in [2.24, 2.45) is 4.99 Å². The number of carbonyl (C=O) groups is 1. The van der Waals surface area contributed by atoms with Gasteiger partial charge in [0.15, 0.2) is 5.17 Å². The van der Waals surface area contributed by atoms with Crippen molar-refractivity contribution in [1.82, 2.24) is 0 Å². The normalized spacial score (nSPS) is 16.8. The first-order valence-corrected chi connectivity index (χ1v) is 11.8. The second-order valence-electron chi connectivity index (χ2n) is 7.15. The van der Waals surface area contributed by atoms with Crippen LogP contribution < -0.4 is 4.90 Å². The Balaban J connectivity index is 1.75. The van der Waals surface area contributed by atoms with Gasteiger partial charge in [-0.2, -0.15) is 0 Å². The zero-order valence-corrected chi connectivity index (χ0v) is 19.0. The minimum absolute atomic E-state index is 0.0269. The summed E-state index contributed by atoms with van der Waals surface area (Å²) in [6.07, 6.45) is 3.95. The summed E-state index contributed by atoms with van der Waals surface area (Å²) in [6.45, 7) is 6.33. The molecule has 1 aliphatic rings. The van der Waals surface area contributed by atoms with Crippen LogP contribution in [0.15, 0.2) is 69.9 Å². The van der Waals surface area contributed by atoms with Crippen LogP contribution in [0.5, 0.6) is 0 Å². The number of thioether (sulfide) groups is 1. The van der Waals surface area contributed by atoms with Gasteiger partial charge in [-0.25, -0.2) is 4.99 Å². The van der Waals surface area contributed by atoms with Crippen molar-refractivity contribution >= 4 is 51.6 Å². The first-order valence-electron chi connectivity index (χ1n) is 10.1. The molecule has 0 N–H and O–H groups in total. The largest absolute Gasteiger partial charge is 0.271 e. The van der Waals surface area contributed by atoms with E-state index >= 15 is 0 Å². The second-order valence-corrected chi connectivity index (χ2v) is 9.11. The number of aliphatic imine (C=N–C) groups is 1. The monoisotopic (exact) mass is 432 g/mol. The van der Waals surface area contributed by atoms with Gasteiger partial charge in [0, 0.05) is 4.88 Å². The fourth-order valence-electron chi connectivity index (χ4n) is 3.23. The summed E-state index contributed by atoms with van der Waals surface area (Å²) in [4.78, 5) is 21.7. The molecule has 5 heteroatoms. The van der Waals surface area contributed by atoms with E-state index in [1.807, 2.05) is 30.3 Å². The molecule has 1 saturated heterocycles. The highest BCUT2D eigenvalue weighted by Crippen LogP contribution is 2.38. The average molecular weight is 433 g/mol. The highest BCUT2D eigenvalue weighted by Gasteiger charge is 2.35. The minimum atomic E-state index is -0.0269. The fraction of sp³-hybridized carbons (Fsp3) is 0.200. The number of aryl methyl sites for hydroxylation is 3. The summed E-state index contributed by atoms with van der Waals surface area (Å²) < 4.78 is 0. The van der Waals surface area contributed by atoms with Gasteiger partial charge in [0.05, 0.1) is 16.3 Å². The third-order valence-electron chi connectivity index (χ3n) is 5.14. The molecule has 0 aliphatic carbocycles. The van der Waals surface area contributed by atoms with E-state index in [2.05, 4.69) is 56.5 Å². The van der Waals surface area contributed by atoms with Crippen molar-refractivity contribution in [3.8, 4) is 0 Å². The lowest BCUT2D eigenvalue weighted by atomic mass is 10.1. The van der Waals surface area contributed by atoms with E-state index < -0.39 is 0 Å². The Hall–Kier alpha value is -2.63. The number of rotatable bonds is 5. The van der Waals surface area contributed by atoms with Crippen LogP contribution in [0.25, 0.3) is 6.08 Å². The molecular formula is C25H24N2OS2. The Kier molecular flexibility index (Phi) is 6.21. The Morgan fingerprint density at radius 2 is 1.57 bits per heavy atom. The molecule has 152 valence electrons. The molecule has 1 aliphatic heterocycles. The fourth-order valence-corrected chi connectivity index (χ4v) is 5.14. The molecule has 0 unspecified atom stereocenters. The molecular weight excluding hydrogens is 408 g/mol. The predicted octanol–water partition coefficient (Wildman–Crippen LogP) is 6.99. The van der Waals surface area contributed by atoms with Gasteiger partial charge in [0.25, 0.3) is 5.91 Å². The molecule has 1 aromatic heterocycles. The lowest BCUT2D eigenvalue weighted by Gasteiger charge is -2.16. The zero-order chi connectivity index (χ0) is 21.1. The number of hydrogen-bond donors (Lipinski definition) is 0. The van der Waals surface area contributed by atoms with Crippen molar-refractivity contribution in [2.75, 3.05) is 4.90 Å². The van der Waals surface area contributed by atoms with E-state index in [0.717, 1.165) is 29.1 Å². The molecule has 30 heavy (non-hydrogen) atoms. The molecule has 0 spiro atoms. The van der Waals surface area contributed by atoms with Crippen LogP contribution in [0.4, 0.5) is 11.4 Å². The lowest BCUT2D eigenvalue weighted by molar-refractivity contribution is -0.113. The molecule has 0 bridgehead atoms. The van der Waals surface area contributed by atoms with Crippen LogP contribution in [0.1, 0.15) is 35.4 Å². The van der Waals surface area contributed by atoms with Crippen LogP contribution in [-0.2, 0) is 17.6 Å². The summed E-state index contributed by atoms with van der Waals surface area (Å²) in [6, 6.07) is 18.4. The standard InChI is InChI=1S/C25H24N2OS2/c1-4-18-6-10-20(11-7-18)26-25-27(21-12-8-19(5-2)9-13-21)24(28)23(30-25)16-22-17(3)14-15-29-22/h6-16H,4-5H2,1-3H3/b23-16+,26-25?. The maximum Gasteiger partial charge on any atom is 0.271 e. The molecule has 4 rings (SSSR count). The van der Waals surface area contributed by atoms with E-state index in [9.17, 15) is 4.79 Å². The van der Waals surface area contributed by atoms with E-state index in [0.29, 0.717) is 10.1 Å². The molecule has 0 saturated carbocycles. The van der Waals surface area contributed by atoms with Crippen LogP contribution in [0.2, 0.25) is 0 Å². The van der Waals surface area contributed by atoms with Gasteiger partial charge in [-0.05, 0) is 90.0 Å². The van der Waals surface area contributed by atoms with Crippen molar-refractivity contribution in [1.29, 1.82) is 0 Å². The van der Waals surface area contributed by atoms with Gasteiger partial charge in [0.1, 0.15) is 0 Å². The SMILES string of the molecule is CCc1ccc(N=C2S/C(=C/c3sccc3C)C(=O)N2c2ccc(CC)cc2)cc1. The Morgan fingerprint density at radius 3 is 2.13 bits per heavy atom. The molecule has 0 radical (unpaired) electrons. The second kappa shape index (κ2) is 9.02. The number of carbonyl (C=O) groups excluding carboxylic acids is 1. The molecule has 1 amide bonds. The van der Waals surface area contributed by atoms with Gasteiger partial charge in [-0.3, -0.25) is 9.69 Å². The highest BCUT2D eigenvalue weighted by molar-refractivity contribution is 8.19. The highest BCUT2D eigenvalue weighted by atomic mass is 32.2. The summed E-state index contributed by atoms with van der Waals surface area (Å²) in [5, 5.41) is 2.74. The number of nitrogens with zero attached hydrogens (tertiary/aromatic N) is 2. The molecule has 2 aromatic carbocycles. The van der Waals surface area contributed by atoms with Crippen molar-refractivity contribution in [3.63, 3.8) is 0 Å². The summed E-state index contributed by atoms with van der Waals surface area (Å²) >= 11 is 3.09. The third-order valence-corrected chi connectivity index (χ3v) is 7.08. The van der Waals surface area contributed by atoms with Gasteiger partial charge in [0.2, 0.25) is 0 Å². The quantitative estimate of drug-likeness (QED) is 0.407. The maximum atomic E-state index is 13.4. The van der Waals surface area contributed by atoms with Crippen LogP contribution in [0, 0.1) is 6.92 Å².